The van der Waals surface area contributed by atoms with E-state index in [9.17, 15) is 9.59 Å². The van der Waals surface area contributed by atoms with Gasteiger partial charge in [-0.05, 0) is 68.1 Å². The van der Waals surface area contributed by atoms with Crippen LogP contribution in [-0.4, -0.2) is 71.8 Å². The number of amides is 2. The van der Waals surface area contributed by atoms with E-state index in [0.717, 1.165) is 48.3 Å². The van der Waals surface area contributed by atoms with Crippen LogP contribution in [0.3, 0.4) is 0 Å². The topological polar surface area (TPSA) is 68.2 Å². The summed E-state index contributed by atoms with van der Waals surface area (Å²) in [7, 11) is 1.75. The van der Waals surface area contributed by atoms with E-state index in [2.05, 4.69) is 27.2 Å². The first-order valence-corrected chi connectivity index (χ1v) is 15.8. The van der Waals surface area contributed by atoms with E-state index >= 15 is 0 Å². The standard InChI is InChI=1S/C34H36ClN5O2S/c1-38-28-16-15-26(35)23-27(28)29(24-11-5-2-6-12-24)36-30(31(38)41)37-33(43)40-21-17-34(18-22-40,25-13-7-3-8-14-25)32(42)39-19-9-4-10-20-39/h2-3,5-8,11-16,23,30H,4,9-10,17-22H2,1H3,(H,37,43). The molecule has 1 unspecified atom stereocenters. The highest BCUT2D eigenvalue weighted by Gasteiger charge is 2.45. The number of benzodiazepines with no additional fused rings is 1. The summed E-state index contributed by atoms with van der Waals surface area (Å²) in [5.74, 6) is 0.0128. The number of hydrogen-bond donors (Lipinski definition) is 1. The summed E-state index contributed by atoms with van der Waals surface area (Å²) >= 11 is 12.3. The minimum Gasteiger partial charge on any atom is -0.349 e. The van der Waals surface area contributed by atoms with Gasteiger partial charge in [-0.15, -0.1) is 0 Å². The first kappa shape index (κ1) is 29.3. The number of nitrogens with zero attached hydrogens (tertiary/aromatic N) is 4. The SMILES string of the molecule is CN1C(=O)C(NC(=S)N2CCC(C(=O)N3CCCCC3)(c3ccccc3)CC2)N=C(c2ccccc2)c2cc(Cl)ccc21. The van der Waals surface area contributed by atoms with Gasteiger partial charge in [-0.3, -0.25) is 9.59 Å². The molecule has 6 rings (SSSR count). The van der Waals surface area contributed by atoms with E-state index in [0.29, 0.717) is 41.8 Å². The molecule has 2 amide bonds. The highest BCUT2D eigenvalue weighted by atomic mass is 35.5. The Morgan fingerprint density at radius 2 is 1.56 bits per heavy atom. The van der Waals surface area contributed by atoms with Crippen molar-refractivity contribution >= 4 is 52.1 Å². The van der Waals surface area contributed by atoms with E-state index in [-0.39, 0.29) is 11.8 Å². The first-order chi connectivity index (χ1) is 20.9. The fourth-order valence-corrected chi connectivity index (χ4v) is 7.02. The number of likely N-dealkylation sites (N-methyl/N-ethyl adjacent to an activating group) is 1. The maximum Gasteiger partial charge on any atom is 0.272 e. The molecule has 9 heteroatoms. The fourth-order valence-electron chi connectivity index (χ4n) is 6.55. The number of carbonyl (C=O) groups excluding carboxylic acids is 2. The molecule has 0 spiro atoms. The minimum atomic E-state index is -0.922. The molecular weight excluding hydrogens is 578 g/mol. The smallest absolute Gasteiger partial charge is 0.272 e. The first-order valence-electron chi connectivity index (χ1n) is 15.0. The van der Waals surface area contributed by atoms with Gasteiger partial charge < -0.3 is 20.0 Å². The highest BCUT2D eigenvalue weighted by Crippen LogP contribution is 2.38. The van der Waals surface area contributed by atoms with Crippen LogP contribution in [0.5, 0.6) is 0 Å². The van der Waals surface area contributed by atoms with Gasteiger partial charge in [0.15, 0.2) is 5.11 Å². The Kier molecular flexibility index (Phi) is 8.50. The molecule has 3 aliphatic rings. The Morgan fingerprint density at radius 1 is 0.907 bits per heavy atom. The number of rotatable bonds is 4. The molecule has 3 aliphatic heterocycles. The van der Waals surface area contributed by atoms with Gasteiger partial charge >= 0.3 is 0 Å². The molecule has 0 bridgehead atoms. The van der Waals surface area contributed by atoms with Crippen LogP contribution >= 0.6 is 23.8 Å². The number of nitrogens with one attached hydrogen (secondary N) is 1. The molecular formula is C34H36ClN5O2S. The maximum absolute atomic E-state index is 14.1. The number of piperidine rings is 2. The zero-order chi connectivity index (χ0) is 30.0. The largest absolute Gasteiger partial charge is 0.349 e. The number of carbonyl (C=O) groups is 2. The number of halogens is 1. The summed E-state index contributed by atoms with van der Waals surface area (Å²) in [5.41, 5.74) is 3.56. The van der Waals surface area contributed by atoms with Crippen LogP contribution in [-0.2, 0) is 15.0 Å². The molecule has 3 aromatic rings. The molecule has 2 fully saturated rings. The number of thiocarbonyl (C=S) groups is 1. The summed E-state index contributed by atoms with van der Waals surface area (Å²) < 4.78 is 0. The lowest BCUT2D eigenvalue weighted by atomic mass is 9.71. The van der Waals surface area contributed by atoms with E-state index in [1.165, 1.54) is 6.42 Å². The Hall–Kier alpha value is -3.75. The number of benzene rings is 3. The predicted octanol–water partition coefficient (Wildman–Crippen LogP) is 5.40. The van der Waals surface area contributed by atoms with Crippen molar-refractivity contribution in [3.63, 3.8) is 0 Å². The van der Waals surface area contributed by atoms with Gasteiger partial charge in [0, 0.05) is 49.4 Å². The van der Waals surface area contributed by atoms with Crippen molar-refractivity contribution in [1.29, 1.82) is 0 Å². The lowest BCUT2D eigenvalue weighted by molar-refractivity contribution is -0.140. The summed E-state index contributed by atoms with van der Waals surface area (Å²) in [6.45, 7) is 2.85. The van der Waals surface area contributed by atoms with Gasteiger partial charge in [0.2, 0.25) is 12.1 Å². The lowest BCUT2D eigenvalue weighted by Gasteiger charge is -2.45. The summed E-state index contributed by atoms with van der Waals surface area (Å²) in [6, 6.07) is 25.5. The third-order valence-electron chi connectivity index (χ3n) is 8.99. The van der Waals surface area contributed by atoms with Crippen LogP contribution in [0.1, 0.15) is 48.8 Å². The number of hydrogen-bond acceptors (Lipinski definition) is 4. The van der Waals surface area contributed by atoms with Crippen LogP contribution in [0.25, 0.3) is 0 Å². The normalized spacial score (nSPS) is 20.1. The molecule has 0 aliphatic carbocycles. The molecule has 43 heavy (non-hydrogen) atoms. The molecule has 3 aromatic carbocycles. The molecule has 7 nitrogen and oxygen atoms in total. The second kappa shape index (κ2) is 12.5. The van der Waals surface area contributed by atoms with E-state index in [4.69, 9.17) is 28.8 Å². The van der Waals surface area contributed by atoms with E-state index in [1.807, 2.05) is 60.7 Å². The van der Waals surface area contributed by atoms with Gasteiger partial charge in [0.1, 0.15) is 0 Å². The van der Waals surface area contributed by atoms with Gasteiger partial charge in [0.25, 0.3) is 5.91 Å². The Morgan fingerprint density at radius 3 is 2.23 bits per heavy atom. The van der Waals surface area contributed by atoms with Gasteiger partial charge in [-0.2, -0.15) is 0 Å². The molecule has 0 aromatic heterocycles. The van der Waals surface area contributed by atoms with E-state index in [1.54, 1.807) is 18.0 Å². The summed E-state index contributed by atoms with van der Waals surface area (Å²) in [6.07, 6.45) is 3.67. The average molecular weight is 614 g/mol. The number of anilines is 1. The molecule has 2 saturated heterocycles. The Bertz CT molecular complexity index is 1530. The minimum absolute atomic E-state index is 0.215. The van der Waals surface area contributed by atoms with Crippen molar-refractivity contribution < 1.29 is 9.59 Å². The van der Waals surface area contributed by atoms with Gasteiger partial charge in [-0.25, -0.2) is 4.99 Å². The van der Waals surface area contributed by atoms with Crippen LogP contribution in [0.2, 0.25) is 5.02 Å². The average Bonchev–Trinajstić information content (AvgIpc) is 3.15. The number of likely N-dealkylation sites (tertiary alicyclic amines) is 2. The third-order valence-corrected chi connectivity index (χ3v) is 9.60. The molecule has 222 valence electrons. The molecule has 1 atom stereocenters. The monoisotopic (exact) mass is 613 g/mol. The zero-order valence-electron chi connectivity index (χ0n) is 24.3. The van der Waals surface area contributed by atoms with Crippen molar-refractivity contribution in [2.75, 3.05) is 38.1 Å². The molecule has 0 saturated carbocycles. The van der Waals surface area contributed by atoms with Crippen LogP contribution < -0.4 is 10.2 Å². The van der Waals surface area contributed by atoms with Crippen molar-refractivity contribution in [3.05, 3.63) is 101 Å². The second-order valence-electron chi connectivity index (χ2n) is 11.5. The zero-order valence-corrected chi connectivity index (χ0v) is 25.9. The summed E-state index contributed by atoms with van der Waals surface area (Å²) in [4.78, 5) is 38.5. The fraction of sp³-hybridized carbons (Fsp3) is 0.353. The third kappa shape index (κ3) is 5.78. The Labute approximate surface area is 263 Å². The maximum atomic E-state index is 14.1. The number of fused-ring (bicyclic) bond motifs is 1. The van der Waals surface area contributed by atoms with Gasteiger partial charge in [-0.1, -0.05) is 72.3 Å². The van der Waals surface area contributed by atoms with Crippen molar-refractivity contribution in [2.45, 2.75) is 43.7 Å². The van der Waals surface area contributed by atoms with Crippen molar-refractivity contribution in [2.24, 2.45) is 4.99 Å². The van der Waals surface area contributed by atoms with Crippen molar-refractivity contribution in [3.8, 4) is 0 Å². The second-order valence-corrected chi connectivity index (χ2v) is 12.4. The van der Waals surface area contributed by atoms with Crippen molar-refractivity contribution in [1.82, 2.24) is 15.1 Å². The van der Waals surface area contributed by atoms with Gasteiger partial charge in [0.05, 0.1) is 16.8 Å². The predicted molar refractivity (Wildman–Crippen MR) is 176 cm³/mol. The van der Waals surface area contributed by atoms with Crippen LogP contribution in [0, 0.1) is 0 Å². The van der Waals surface area contributed by atoms with Crippen LogP contribution in [0.15, 0.2) is 83.9 Å². The molecule has 3 heterocycles. The van der Waals surface area contributed by atoms with Crippen LogP contribution in [0.4, 0.5) is 5.69 Å². The molecule has 0 radical (unpaired) electrons. The molecule has 1 N–H and O–H groups in total. The quantitative estimate of drug-likeness (QED) is 0.399. The van der Waals surface area contributed by atoms with E-state index < -0.39 is 11.6 Å². The lowest BCUT2D eigenvalue weighted by Crippen LogP contribution is -2.57. The highest BCUT2D eigenvalue weighted by molar-refractivity contribution is 7.80. The Balaban J connectivity index is 1.25. The number of aliphatic imine (C=N–C) groups is 1. The summed E-state index contributed by atoms with van der Waals surface area (Å²) in [5, 5.41) is 4.29.